The Morgan fingerprint density at radius 1 is 1.12 bits per heavy atom. The normalized spacial score (nSPS) is 22.0. The third-order valence-corrected chi connectivity index (χ3v) is 7.20. The Morgan fingerprint density at radius 3 is 2.56 bits per heavy atom. The van der Waals surface area contributed by atoms with E-state index in [0.717, 1.165) is 56.6 Å². The first kappa shape index (κ1) is 26.0. The zero-order valence-electron chi connectivity index (χ0n) is 20.2. The van der Waals surface area contributed by atoms with Crippen LogP contribution in [-0.4, -0.2) is 46.0 Å². The molecule has 190 valence electrons. The monoisotopic (exact) mass is 477 g/mol. The third kappa shape index (κ3) is 8.33. The Hall–Kier alpha value is -2.58. The van der Waals surface area contributed by atoms with Gasteiger partial charge < -0.3 is 24.5 Å². The molecule has 9 nitrogen and oxygen atoms in total. The fraction of sp³-hybridized carbons (Fsp3) is 0.760. The SMILES string of the molecule is C[C@H]1CC[C@H](n2cnc(CC(CCCNC(=O)OCOC(=O)C3CCCCC3)C(=O)O)c2)CC1. The largest absolute Gasteiger partial charge is 0.481 e. The first-order valence-corrected chi connectivity index (χ1v) is 12.7. The van der Waals surface area contributed by atoms with Gasteiger partial charge in [-0.05, 0) is 57.3 Å². The summed E-state index contributed by atoms with van der Waals surface area (Å²) in [5.41, 5.74) is 0.790. The molecule has 2 aliphatic rings. The van der Waals surface area contributed by atoms with Gasteiger partial charge in [-0.3, -0.25) is 9.59 Å². The molecular formula is C25H39N3O6. The lowest BCUT2D eigenvalue weighted by Crippen LogP contribution is -2.29. The Morgan fingerprint density at radius 2 is 1.85 bits per heavy atom. The van der Waals surface area contributed by atoms with Crippen LogP contribution >= 0.6 is 0 Å². The first-order valence-electron chi connectivity index (χ1n) is 12.7. The van der Waals surface area contributed by atoms with E-state index < -0.39 is 24.8 Å². The molecule has 1 heterocycles. The van der Waals surface area contributed by atoms with Crippen LogP contribution in [0.2, 0.25) is 0 Å². The second kappa shape index (κ2) is 13.3. The summed E-state index contributed by atoms with van der Waals surface area (Å²) in [4.78, 5) is 39.9. The molecule has 0 radical (unpaired) electrons. The highest BCUT2D eigenvalue weighted by molar-refractivity contribution is 5.73. The summed E-state index contributed by atoms with van der Waals surface area (Å²) in [6.07, 6.45) is 14.0. The molecular weight excluding hydrogens is 438 g/mol. The number of carbonyl (C=O) groups is 3. The average Bonchev–Trinajstić information content (AvgIpc) is 3.30. The molecule has 1 aromatic heterocycles. The van der Waals surface area contributed by atoms with Crippen LogP contribution < -0.4 is 5.32 Å². The number of nitrogens with one attached hydrogen (secondary N) is 1. The lowest BCUT2D eigenvalue weighted by molar-refractivity contribution is -0.158. The minimum absolute atomic E-state index is 0.0916. The van der Waals surface area contributed by atoms with Crippen LogP contribution in [0.15, 0.2) is 12.5 Å². The van der Waals surface area contributed by atoms with Gasteiger partial charge in [0.25, 0.3) is 0 Å². The summed E-state index contributed by atoms with van der Waals surface area (Å²) >= 11 is 0. The molecule has 34 heavy (non-hydrogen) atoms. The summed E-state index contributed by atoms with van der Waals surface area (Å²) in [7, 11) is 0. The molecule has 9 heteroatoms. The van der Waals surface area contributed by atoms with Gasteiger partial charge in [-0.2, -0.15) is 0 Å². The number of esters is 1. The third-order valence-electron chi connectivity index (χ3n) is 7.20. The molecule has 1 aromatic rings. The van der Waals surface area contributed by atoms with Gasteiger partial charge in [0.2, 0.25) is 6.79 Å². The minimum Gasteiger partial charge on any atom is -0.481 e. The van der Waals surface area contributed by atoms with Crippen LogP contribution in [0.5, 0.6) is 0 Å². The highest BCUT2D eigenvalue weighted by Crippen LogP contribution is 2.32. The van der Waals surface area contributed by atoms with Gasteiger partial charge in [0.05, 0.1) is 23.9 Å². The van der Waals surface area contributed by atoms with Gasteiger partial charge >= 0.3 is 18.0 Å². The summed E-state index contributed by atoms with van der Waals surface area (Å²) in [6.45, 7) is 2.17. The highest BCUT2D eigenvalue weighted by atomic mass is 16.7. The number of carbonyl (C=O) groups excluding carboxylic acids is 2. The molecule has 1 unspecified atom stereocenters. The van der Waals surface area contributed by atoms with Crippen molar-refractivity contribution in [3.63, 3.8) is 0 Å². The Kier molecular flexibility index (Phi) is 10.2. The number of imidazole rings is 1. The van der Waals surface area contributed by atoms with Crippen molar-refractivity contribution in [1.82, 2.24) is 14.9 Å². The number of hydrogen-bond acceptors (Lipinski definition) is 6. The second-order valence-corrected chi connectivity index (χ2v) is 9.88. The van der Waals surface area contributed by atoms with Crippen LogP contribution in [0.25, 0.3) is 0 Å². The maximum Gasteiger partial charge on any atom is 0.410 e. The molecule has 0 saturated heterocycles. The van der Waals surface area contributed by atoms with Crippen LogP contribution in [0, 0.1) is 17.8 Å². The van der Waals surface area contributed by atoms with Gasteiger partial charge in [-0.1, -0.05) is 26.2 Å². The molecule has 0 spiro atoms. The summed E-state index contributed by atoms with van der Waals surface area (Å²) < 4.78 is 12.1. The van der Waals surface area contributed by atoms with E-state index in [4.69, 9.17) is 9.47 Å². The number of ether oxygens (including phenoxy) is 2. The van der Waals surface area contributed by atoms with Gasteiger partial charge in [0, 0.05) is 25.2 Å². The molecule has 2 N–H and O–H groups in total. The topological polar surface area (TPSA) is 120 Å². The lowest BCUT2D eigenvalue weighted by atomic mass is 9.87. The molecule has 1 atom stereocenters. The van der Waals surface area contributed by atoms with Crippen LogP contribution in [0.3, 0.4) is 0 Å². The van der Waals surface area contributed by atoms with Gasteiger partial charge in [-0.15, -0.1) is 0 Å². The molecule has 2 aliphatic carbocycles. The van der Waals surface area contributed by atoms with E-state index in [9.17, 15) is 19.5 Å². The van der Waals surface area contributed by atoms with Crippen LogP contribution in [0.1, 0.15) is 89.3 Å². The Labute approximate surface area is 201 Å². The minimum atomic E-state index is -0.863. The van der Waals surface area contributed by atoms with E-state index in [0.29, 0.717) is 25.3 Å². The van der Waals surface area contributed by atoms with E-state index in [-0.39, 0.29) is 18.4 Å². The second-order valence-electron chi connectivity index (χ2n) is 9.88. The molecule has 2 saturated carbocycles. The first-order chi connectivity index (χ1) is 16.4. The van der Waals surface area contributed by atoms with Crippen molar-refractivity contribution in [2.45, 2.75) is 90.0 Å². The van der Waals surface area contributed by atoms with Crippen molar-refractivity contribution in [3.8, 4) is 0 Å². The summed E-state index contributed by atoms with van der Waals surface area (Å²) in [6, 6.07) is 0.456. The van der Waals surface area contributed by atoms with Crippen molar-refractivity contribution >= 4 is 18.0 Å². The fourth-order valence-electron chi connectivity index (χ4n) is 4.98. The number of carboxylic acid groups (broad SMARTS) is 1. The number of hydrogen-bond donors (Lipinski definition) is 2. The fourth-order valence-corrected chi connectivity index (χ4v) is 4.98. The molecule has 2 fully saturated rings. The maximum absolute atomic E-state index is 11.9. The van der Waals surface area contributed by atoms with E-state index >= 15 is 0 Å². The van der Waals surface area contributed by atoms with Gasteiger partial charge in [-0.25, -0.2) is 9.78 Å². The number of carboxylic acids is 1. The highest BCUT2D eigenvalue weighted by Gasteiger charge is 2.24. The van der Waals surface area contributed by atoms with Crippen LogP contribution in [-0.2, 0) is 25.5 Å². The van der Waals surface area contributed by atoms with Gasteiger partial charge in [0.1, 0.15) is 0 Å². The smallest absolute Gasteiger partial charge is 0.410 e. The Balaban J connectivity index is 1.31. The lowest BCUT2D eigenvalue weighted by Gasteiger charge is -2.26. The number of aromatic nitrogens is 2. The van der Waals surface area contributed by atoms with E-state index in [1.165, 1.54) is 12.8 Å². The van der Waals surface area contributed by atoms with E-state index in [2.05, 4.69) is 21.8 Å². The van der Waals surface area contributed by atoms with Crippen molar-refractivity contribution in [3.05, 3.63) is 18.2 Å². The molecule has 0 aliphatic heterocycles. The zero-order valence-corrected chi connectivity index (χ0v) is 20.2. The standard InChI is InChI=1S/C25H39N3O6/c1-18-9-11-22(12-10-18)28-15-21(27-16-28)14-20(23(29)30)8-5-13-26-25(32)34-17-33-24(31)19-6-3-2-4-7-19/h15-16,18-20,22H,2-14,17H2,1H3,(H,26,32)(H,29,30)/t18-,20?,22-. The predicted octanol–water partition coefficient (Wildman–Crippen LogP) is 4.47. The van der Waals surface area contributed by atoms with Gasteiger partial charge in [0.15, 0.2) is 0 Å². The molecule has 0 aromatic carbocycles. The quantitative estimate of drug-likeness (QED) is 0.274. The zero-order chi connectivity index (χ0) is 24.3. The number of rotatable bonds is 11. The van der Waals surface area contributed by atoms with Crippen LogP contribution in [0.4, 0.5) is 4.79 Å². The van der Waals surface area contributed by atoms with Crippen molar-refractivity contribution < 1.29 is 29.0 Å². The molecule has 0 bridgehead atoms. The summed E-state index contributed by atoms with van der Waals surface area (Å²) in [5.74, 6) is -1.05. The number of amides is 1. The van der Waals surface area contributed by atoms with E-state index in [1.807, 2.05) is 12.5 Å². The van der Waals surface area contributed by atoms with E-state index in [1.54, 1.807) is 0 Å². The number of aliphatic carboxylic acids is 1. The van der Waals surface area contributed by atoms with Crippen molar-refractivity contribution in [2.75, 3.05) is 13.3 Å². The molecule has 1 amide bonds. The predicted molar refractivity (Wildman–Crippen MR) is 125 cm³/mol. The van der Waals surface area contributed by atoms with Crippen molar-refractivity contribution in [1.29, 1.82) is 0 Å². The molecule has 3 rings (SSSR count). The Bertz CT molecular complexity index is 796. The number of nitrogens with zero attached hydrogens (tertiary/aromatic N) is 2. The van der Waals surface area contributed by atoms with Crippen molar-refractivity contribution in [2.24, 2.45) is 17.8 Å². The average molecular weight is 478 g/mol. The maximum atomic E-state index is 11.9. The number of alkyl carbamates (subject to hydrolysis) is 1. The summed E-state index contributed by atoms with van der Waals surface area (Å²) in [5, 5.41) is 12.2.